The number of likely N-dealkylation sites (tertiary alicyclic amines) is 1. The molecule has 2 fully saturated rings. The van der Waals surface area contributed by atoms with E-state index in [1.54, 1.807) is 0 Å². The van der Waals surface area contributed by atoms with E-state index in [2.05, 4.69) is 10.2 Å². The number of hydrogen-bond acceptors (Lipinski definition) is 5. The second kappa shape index (κ2) is 6.87. The molecule has 0 aromatic heterocycles. The van der Waals surface area contributed by atoms with E-state index in [1.807, 2.05) is 20.8 Å². The van der Waals surface area contributed by atoms with Gasteiger partial charge in [-0.3, -0.25) is 9.69 Å². The van der Waals surface area contributed by atoms with Crippen molar-refractivity contribution in [1.29, 1.82) is 0 Å². The highest BCUT2D eigenvalue weighted by Gasteiger charge is 2.37. The maximum atomic E-state index is 12.1. The fourth-order valence-corrected chi connectivity index (χ4v) is 3.21. The molecular weight excluding hydrogens is 256 g/mol. The summed E-state index contributed by atoms with van der Waals surface area (Å²) < 4.78 is 11.1. The van der Waals surface area contributed by atoms with E-state index in [9.17, 15) is 4.79 Å². The van der Waals surface area contributed by atoms with Crippen LogP contribution in [0.3, 0.4) is 0 Å². The number of nitrogens with one attached hydrogen (secondary N) is 1. The van der Waals surface area contributed by atoms with Crippen LogP contribution < -0.4 is 5.32 Å². The van der Waals surface area contributed by atoms with E-state index in [0.29, 0.717) is 18.8 Å². The van der Waals surface area contributed by atoms with Gasteiger partial charge in [0, 0.05) is 19.6 Å². The minimum Gasteiger partial charge on any atom is -0.465 e. The Morgan fingerprint density at radius 2 is 2.00 bits per heavy atom. The molecule has 2 bridgehead atoms. The maximum Gasteiger partial charge on any atom is 0.326 e. The number of carbonyl (C=O) groups excluding carboxylic acids is 1. The SMILES string of the molecule is CCNC(C)(CCN1CC2CCC(C1)O2)C(=O)OCC. The van der Waals surface area contributed by atoms with Crippen molar-refractivity contribution in [1.82, 2.24) is 10.2 Å². The minimum absolute atomic E-state index is 0.141. The molecule has 5 heteroatoms. The molecular formula is C15H28N2O3. The zero-order valence-electron chi connectivity index (χ0n) is 13.0. The summed E-state index contributed by atoms with van der Waals surface area (Å²) in [6, 6.07) is 0. The van der Waals surface area contributed by atoms with Crippen molar-refractivity contribution < 1.29 is 14.3 Å². The third-order valence-electron chi connectivity index (χ3n) is 4.34. The number of carbonyl (C=O) groups is 1. The number of morpholine rings is 1. The predicted molar refractivity (Wildman–Crippen MR) is 77.7 cm³/mol. The van der Waals surface area contributed by atoms with Gasteiger partial charge in [-0.05, 0) is 39.7 Å². The Bertz CT molecular complexity index is 325. The van der Waals surface area contributed by atoms with Crippen LogP contribution >= 0.6 is 0 Å². The van der Waals surface area contributed by atoms with Gasteiger partial charge in [-0.2, -0.15) is 0 Å². The average Bonchev–Trinajstić information content (AvgIpc) is 2.76. The molecule has 2 aliphatic rings. The van der Waals surface area contributed by atoms with Crippen LogP contribution in [0.2, 0.25) is 0 Å². The molecule has 2 rings (SSSR count). The van der Waals surface area contributed by atoms with Gasteiger partial charge in [0.25, 0.3) is 0 Å². The van der Waals surface area contributed by atoms with E-state index in [1.165, 1.54) is 12.8 Å². The molecule has 0 aromatic rings. The number of ether oxygens (including phenoxy) is 2. The lowest BCUT2D eigenvalue weighted by Crippen LogP contribution is -2.53. The lowest BCUT2D eigenvalue weighted by Gasteiger charge is -2.35. The number of fused-ring (bicyclic) bond motifs is 2. The van der Waals surface area contributed by atoms with Crippen LogP contribution in [0.1, 0.15) is 40.0 Å². The minimum atomic E-state index is -0.581. The predicted octanol–water partition coefficient (Wildman–Crippen LogP) is 1.17. The first-order valence-electron chi connectivity index (χ1n) is 7.87. The van der Waals surface area contributed by atoms with Crippen molar-refractivity contribution in [2.45, 2.75) is 57.8 Å². The van der Waals surface area contributed by atoms with Crippen molar-refractivity contribution in [3.63, 3.8) is 0 Å². The Balaban J connectivity index is 1.86. The Morgan fingerprint density at radius 3 is 2.55 bits per heavy atom. The zero-order chi connectivity index (χ0) is 14.6. The molecule has 0 amide bonds. The average molecular weight is 284 g/mol. The summed E-state index contributed by atoms with van der Waals surface area (Å²) >= 11 is 0. The van der Waals surface area contributed by atoms with Crippen LogP contribution in [-0.2, 0) is 14.3 Å². The summed E-state index contributed by atoms with van der Waals surface area (Å²) in [5.41, 5.74) is -0.581. The summed E-state index contributed by atoms with van der Waals surface area (Å²) in [6.07, 6.45) is 3.95. The number of rotatable bonds is 7. The topological polar surface area (TPSA) is 50.8 Å². The summed E-state index contributed by atoms with van der Waals surface area (Å²) in [6.45, 7) is 9.94. The quantitative estimate of drug-likeness (QED) is 0.711. The van der Waals surface area contributed by atoms with E-state index in [0.717, 1.165) is 32.6 Å². The Morgan fingerprint density at radius 1 is 1.35 bits per heavy atom. The highest BCUT2D eigenvalue weighted by molar-refractivity contribution is 5.80. The lowest BCUT2D eigenvalue weighted by molar-refractivity contribution is -0.151. The third-order valence-corrected chi connectivity index (χ3v) is 4.34. The molecule has 2 heterocycles. The number of likely N-dealkylation sites (N-methyl/N-ethyl adjacent to an activating group) is 1. The lowest BCUT2D eigenvalue weighted by atomic mass is 9.97. The largest absolute Gasteiger partial charge is 0.465 e. The Kier molecular flexibility index (Phi) is 5.41. The van der Waals surface area contributed by atoms with E-state index >= 15 is 0 Å². The molecule has 2 aliphatic heterocycles. The van der Waals surface area contributed by atoms with Crippen molar-refractivity contribution >= 4 is 5.97 Å². The molecule has 2 saturated heterocycles. The summed E-state index contributed by atoms with van der Waals surface area (Å²) in [4.78, 5) is 14.6. The van der Waals surface area contributed by atoms with Crippen molar-refractivity contribution in [3.8, 4) is 0 Å². The van der Waals surface area contributed by atoms with Gasteiger partial charge in [-0.15, -0.1) is 0 Å². The molecule has 20 heavy (non-hydrogen) atoms. The number of nitrogens with zero attached hydrogens (tertiary/aromatic N) is 1. The molecule has 0 radical (unpaired) electrons. The standard InChI is InChI=1S/C15H28N2O3/c1-4-16-15(3,14(18)19-5-2)8-9-17-10-12-6-7-13(11-17)20-12/h12-13,16H,4-11H2,1-3H3. The first kappa shape index (κ1) is 15.7. The monoisotopic (exact) mass is 284 g/mol. The first-order chi connectivity index (χ1) is 9.57. The van der Waals surface area contributed by atoms with E-state index in [-0.39, 0.29) is 5.97 Å². The normalized spacial score (nSPS) is 29.1. The molecule has 0 aromatic carbocycles. The van der Waals surface area contributed by atoms with Crippen molar-refractivity contribution in [2.75, 3.05) is 32.8 Å². The van der Waals surface area contributed by atoms with Crippen molar-refractivity contribution in [2.24, 2.45) is 0 Å². The third kappa shape index (κ3) is 3.71. The van der Waals surface area contributed by atoms with Crippen LogP contribution in [0.25, 0.3) is 0 Å². The van der Waals surface area contributed by atoms with Crippen LogP contribution in [0, 0.1) is 0 Å². The zero-order valence-corrected chi connectivity index (χ0v) is 13.0. The molecule has 5 nitrogen and oxygen atoms in total. The van der Waals surface area contributed by atoms with Gasteiger partial charge in [-0.1, -0.05) is 6.92 Å². The van der Waals surface area contributed by atoms with Gasteiger partial charge in [-0.25, -0.2) is 0 Å². The van der Waals surface area contributed by atoms with Crippen LogP contribution in [0.4, 0.5) is 0 Å². The maximum absolute atomic E-state index is 12.1. The molecule has 3 atom stereocenters. The molecule has 3 unspecified atom stereocenters. The van der Waals surface area contributed by atoms with Gasteiger partial charge in [0.2, 0.25) is 0 Å². The Hall–Kier alpha value is -0.650. The summed E-state index contributed by atoms with van der Waals surface area (Å²) in [5.74, 6) is -0.141. The second-order valence-electron chi connectivity index (χ2n) is 6.05. The summed E-state index contributed by atoms with van der Waals surface area (Å²) in [5, 5.41) is 3.29. The van der Waals surface area contributed by atoms with E-state index < -0.39 is 5.54 Å². The van der Waals surface area contributed by atoms with Crippen molar-refractivity contribution in [3.05, 3.63) is 0 Å². The molecule has 116 valence electrons. The van der Waals surface area contributed by atoms with Gasteiger partial charge in [0.15, 0.2) is 0 Å². The second-order valence-corrected chi connectivity index (χ2v) is 6.05. The van der Waals surface area contributed by atoms with Gasteiger partial charge >= 0.3 is 5.97 Å². The molecule has 0 aliphatic carbocycles. The van der Waals surface area contributed by atoms with E-state index in [4.69, 9.17) is 9.47 Å². The van der Waals surface area contributed by atoms with Crippen LogP contribution in [0.15, 0.2) is 0 Å². The molecule has 1 N–H and O–H groups in total. The van der Waals surface area contributed by atoms with Gasteiger partial charge in [0.05, 0.1) is 18.8 Å². The van der Waals surface area contributed by atoms with Crippen LogP contribution in [0.5, 0.6) is 0 Å². The van der Waals surface area contributed by atoms with Gasteiger partial charge < -0.3 is 14.8 Å². The molecule has 0 saturated carbocycles. The fraction of sp³-hybridized carbons (Fsp3) is 0.933. The number of hydrogen-bond donors (Lipinski definition) is 1. The van der Waals surface area contributed by atoms with Gasteiger partial charge in [0.1, 0.15) is 5.54 Å². The highest BCUT2D eigenvalue weighted by Crippen LogP contribution is 2.27. The fourth-order valence-electron chi connectivity index (χ4n) is 3.21. The smallest absolute Gasteiger partial charge is 0.326 e. The Labute approximate surface area is 122 Å². The highest BCUT2D eigenvalue weighted by atomic mass is 16.5. The summed E-state index contributed by atoms with van der Waals surface area (Å²) in [7, 11) is 0. The number of esters is 1. The van der Waals surface area contributed by atoms with Crippen LogP contribution in [-0.4, -0.2) is 61.4 Å². The molecule has 0 spiro atoms. The first-order valence-corrected chi connectivity index (χ1v) is 7.87.